The van der Waals surface area contributed by atoms with Gasteiger partial charge in [-0.25, -0.2) is 4.57 Å². The van der Waals surface area contributed by atoms with Crippen molar-refractivity contribution in [2.24, 2.45) is 0 Å². The van der Waals surface area contributed by atoms with Crippen LogP contribution in [-0.4, -0.2) is 74.3 Å². The Bertz CT molecular complexity index is 1570. The van der Waals surface area contributed by atoms with Crippen LogP contribution in [0.15, 0.2) is 60.8 Å². The van der Waals surface area contributed by atoms with Crippen molar-refractivity contribution in [2.45, 2.75) is 341 Å². The molecule has 0 spiro atoms. The fourth-order valence-corrected chi connectivity index (χ4v) is 10.8. The second kappa shape index (κ2) is 60.8. The third kappa shape index (κ3) is 62.1. The van der Waals surface area contributed by atoms with E-state index in [0.717, 1.165) is 83.5 Å². The molecule has 0 saturated carbocycles. The van der Waals surface area contributed by atoms with E-state index in [4.69, 9.17) is 13.8 Å². The Morgan fingerprint density at radius 2 is 0.753 bits per heavy atom. The molecule has 3 unspecified atom stereocenters. The Hall–Kier alpha value is -2.29. The van der Waals surface area contributed by atoms with E-state index < -0.39 is 20.0 Å². The number of quaternary nitrogens is 1. The topological polar surface area (TPSA) is 111 Å². The van der Waals surface area contributed by atoms with Crippen LogP contribution in [0.3, 0.4) is 0 Å². The van der Waals surface area contributed by atoms with Crippen molar-refractivity contribution in [1.82, 2.24) is 5.32 Å². The van der Waals surface area contributed by atoms with Crippen molar-refractivity contribution in [3.05, 3.63) is 60.8 Å². The zero-order valence-electron chi connectivity index (χ0n) is 54.3. The molecule has 9 nitrogen and oxygen atoms in total. The number of amides is 1. The normalized spacial score (nSPS) is 13.9. The molecule has 0 radical (unpaired) electrons. The van der Waals surface area contributed by atoms with Crippen LogP contribution in [0.5, 0.6) is 0 Å². The van der Waals surface area contributed by atoms with Gasteiger partial charge in [0, 0.05) is 12.8 Å². The minimum atomic E-state index is -4.46. The predicted octanol–water partition coefficient (Wildman–Crippen LogP) is 21.8. The Balaban J connectivity index is 5.00. The van der Waals surface area contributed by atoms with Gasteiger partial charge in [-0.2, -0.15) is 0 Å². The molecule has 10 heteroatoms. The summed E-state index contributed by atoms with van der Waals surface area (Å²) in [6, 6.07) is -0.860. The first-order chi connectivity index (χ1) is 39.4. The monoisotopic (exact) mass is 1160 g/mol. The molecule has 0 saturated heterocycles. The molecule has 1 amide bonds. The highest BCUT2D eigenvalue weighted by Gasteiger charge is 2.30. The molecule has 474 valence electrons. The summed E-state index contributed by atoms with van der Waals surface area (Å²) in [5, 5.41) is 3.05. The van der Waals surface area contributed by atoms with Crippen LogP contribution in [0.2, 0.25) is 0 Å². The number of rotatable bonds is 63. The third-order valence-electron chi connectivity index (χ3n) is 15.4. The van der Waals surface area contributed by atoms with Crippen molar-refractivity contribution in [3.8, 4) is 0 Å². The van der Waals surface area contributed by atoms with E-state index >= 15 is 0 Å². The van der Waals surface area contributed by atoms with Crippen molar-refractivity contribution >= 4 is 19.7 Å². The van der Waals surface area contributed by atoms with E-state index in [9.17, 15) is 19.0 Å². The fraction of sp³-hybridized carbons (Fsp3) is 0.831. The molecule has 3 atom stereocenters. The van der Waals surface area contributed by atoms with Gasteiger partial charge in [0.1, 0.15) is 19.3 Å². The average molecular weight is 1160 g/mol. The number of phosphoric ester groups is 1. The second-order valence-corrected chi connectivity index (χ2v) is 26.1. The smallest absolute Gasteiger partial charge is 0.456 e. The van der Waals surface area contributed by atoms with Crippen LogP contribution in [0, 0.1) is 0 Å². The van der Waals surface area contributed by atoms with E-state index in [-0.39, 0.29) is 31.5 Å². The number of allylic oxidation sites excluding steroid dienone is 9. The minimum absolute atomic E-state index is 0.0355. The summed E-state index contributed by atoms with van der Waals surface area (Å²) in [7, 11) is 1.49. The van der Waals surface area contributed by atoms with Gasteiger partial charge in [0.2, 0.25) is 5.91 Å². The molecule has 0 heterocycles. The van der Waals surface area contributed by atoms with Crippen LogP contribution in [-0.2, 0) is 27.9 Å². The van der Waals surface area contributed by atoms with Crippen LogP contribution in [0.1, 0.15) is 329 Å². The van der Waals surface area contributed by atoms with Crippen LogP contribution in [0.4, 0.5) is 0 Å². The van der Waals surface area contributed by atoms with Gasteiger partial charge in [0.15, 0.2) is 0 Å². The summed E-state index contributed by atoms with van der Waals surface area (Å²) in [5.41, 5.74) is 0. The molecule has 2 N–H and O–H groups in total. The Morgan fingerprint density at radius 3 is 1.16 bits per heavy atom. The van der Waals surface area contributed by atoms with Crippen LogP contribution < -0.4 is 5.32 Å². The molecule has 0 aliphatic rings. The maximum Gasteiger partial charge on any atom is 0.472 e. The van der Waals surface area contributed by atoms with Gasteiger partial charge in [0.05, 0.1) is 33.8 Å². The maximum atomic E-state index is 13.6. The van der Waals surface area contributed by atoms with Crippen molar-refractivity contribution in [3.63, 3.8) is 0 Å². The van der Waals surface area contributed by atoms with Crippen LogP contribution in [0.25, 0.3) is 0 Å². The first-order valence-corrected chi connectivity index (χ1v) is 36.1. The summed E-state index contributed by atoms with van der Waals surface area (Å²) in [6.45, 7) is 6.99. The zero-order valence-corrected chi connectivity index (χ0v) is 55.2. The quantitative estimate of drug-likeness (QED) is 0.0205. The largest absolute Gasteiger partial charge is 0.472 e. The number of carbonyl (C=O) groups excluding carboxylic acids is 2. The van der Waals surface area contributed by atoms with Gasteiger partial charge in [0.25, 0.3) is 0 Å². The van der Waals surface area contributed by atoms with E-state index in [1.54, 1.807) is 0 Å². The Labute approximate surface area is 502 Å². The van der Waals surface area contributed by atoms with Crippen LogP contribution >= 0.6 is 7.82 Å². The highest BCUT2D eigenvalue weighted by molar-refractivity contribution is 7.47. The van der Waals surface area contributed by atoms with Gasteiger partial charge < -0.3 is 19.4 Å². The summed E-state index contributed by atoms with van der Waals surface area (Å²) >= 11 is 0. The zero-order chi connectivity index (χ0) is 59.3. The maximum absolute atomic E-state index is 13.6. The molecule has 81 heavy (non-hydrogen) atoms. The van der Waals surface area contributed by atoms with Gasteiger partial charge in [-0.3, -0.25) is 18.6 Å². The highest BCUT2D eigenvalue weighted by atomic mass is 31.2. The van der Waals surface area contributed by atoms with E-state index in [1.165, 1.54) is 212 Å². The summed E-state index contributed by atoms with van der Waals surface area (Å²) in [6.07, 6.45) is 78.1. The molecule has 0 aromatic heterocycles. The van der Waals surface area contributed by atoms with Gasteiger partial charge in [-0.05, 0) is 96.0 Å². The number of hydrogen-bond acceptors (Lipinski definition) is 6. The lowest BCUT2D eigenvalue weighted by Crippen LogP contribution is -2.47. The first kappa shape index (κ1) is 78.7. The Morgan fingerprint density at radius 1 is 0.432 bits per heavy atom. The lowest BCUT2D eigenvalue weighted by molar-refractivity contribution is -0.870. The lowest BCUT2D eigenvalue weighted by Gasteiger charge is -2.27. The Kier molecular flexibility index (Phi) is 59.1. The van der Waals surface area contributed by atoms with Gasteiger partial charge in [-0.15, -0.1) is 0 Å². The number of likely N-dealkylation sites (N-methyl/N-ethyl adjacent to an activating group) is 1. The minimum Gasteiger partial charge on any atom is -0.456 e. The molecule has 0 bridgehead atoms. The number of phosphoric acid groups is 1. The third-order valence-corrected chi connectivity index (χ3v) is 16.4. The lowest BCUT2D eigenvalue weighted by atomic mass is 10.0. The van der Waals surface area contributed by atoms with Gasteiger partial charge in [-0.1, -0.05) is 281 Å². The standard InChI is InChI=1S/C71H133N2O7P/c1-7-10-13-16-19-22-25-27-29-31-32-33-34-35-36-37-38-39-40-42-44-46-49-52-55-58-61-64-71(75)80-69(62-59-56-53-50-47-24-21-18-15-12-9-3)68(67-79-81(76,77)78-66-65-73(4,5)6)72-70(74)63-60-57-54-51-48-45-43-41-30-28-26-23-20-17-14-11-8-2/h20,23,27-30,43,45,59,62,68-69H,7-19,21-22,24-26,31-42,44,46-58,60-61,63-67H2,1-6H3,(H-,72,74,76,77)/p+1/b23-20-,29-27+,30-28-,45-43-,62-59-. The predicted molar refractivity (Wildman–Crippen MR) is 351 cm³/mol. The SMILES string of the molecule is CCCCC/C=C\C/C=C\C/C=C\CCCCCCC(=O)NC(COP(=O)(O)OCC[N+](C)(C)C)C(/C=C\CCCCCCCCCCC)OC(=O)CCCCCCCCCCCCCCCCCCC/C=C/CCCCCCCC. The van der Waals surface area contributed by atoms with Gasteiger partial charge >= 0.3 is 13.8 Å². The molecule has 0 fully saturated rings. The number of ether oxygens (including phenoxy) is 1. The van der Waals surface area contributed by atoms with E-state index in [0.29, 0.717) is 17.4 Å². The highest BCUT2D eigenvalue weighted by Crippen LogP contribution is 2.43. The molecule has 0 aliphatic carbocycles. The molecule has 0 aromatic rings. The first-order valence-electron chi connectivity index (χ1n) is 34.6. The molecular formula is C71H134N2O7P+. The number of hydrogen-bond donors (Lipinski definition) is 2. The van der Waals surface area contributed by atoms with Crippen molar-refractivity contribution in [1.29, 1.82) is 0 Å². The number of nitrogens with one attached hydrogen (secondary N) is 1. The number of esters is 1. The van der Waals surface area contributed by atoms with E-state index in [1.807, 2.05) is 33.3 Å². The second-order valence-electron chi connectivity index (χ2n) is 24.7. The number of carbonyl (C=O) groups is 2. The number of unbranched alkanes of at least 4 members (excludes halogenated alkanes) is 39. The fourth-order valence-electron chi connectivity index (χ4n) is 10.1. The number of nitrogens with zero attached hydrogens (tertiary/aromatic N) is 1. The van der Waals surface area contributed by atoms with Crippen molar-refractivity contribution in [2.75, 3.05) is 40.9 Å². The molecule has 0 aliphatic heterocycles. The average Bonchev–Trinajstić information content (AvgIpc) is 3.44. The van der Waals surface area contributed by atoms with E-state index in [2.05, 4.69) is 74.7 Å². The summed E-state index contributed by atoms with van der Waals surface area (Å²) in [4.78, 5) is 37.8. The van der Waals surface area contributed by atoms with Crippen molar-refractivity contribution < 1.29 is 37.3 Å². The molecule has 0 rings (SSSR count). The molecule has 0 aromatic carbocycles. The summed E-state index contributed by atoms with van der Waals surface area (Å²) < 4.78 is 30.7. The summed E-state index contributed by atoms with van der Waals surface area (Å²) in [5.74, 6) is -0.520. The molecular weight excluding hydrogens is 1020 g/mol.